The summed E-state index contributed by atoms with van der Waals surface area (Å²) in [5.74, 6) is 1.38. The molecule has 2 atom stereocenters. The van der Waals surface area contributed by atoms with Crippen molar-refractivity contribution in [3.8, 4) is 5.75 Å². The molecule has 0 aliphatic carbocycles. The zero-order valence-corrected chi connectivity index (χ0v) is 16.2. The summed E-state index contributed by atoms with van der Waals surface area (Å²) >= 11 is 6.05. The summed E-state index contributed by atoms with van der Waals surface area (Å²) in [6.45, 7) is 3.42. The minimum atomic E-state index is -2.85. The van der Waals surface area contributed by atoms with E-state index < -0.39 is 9.84 Å². The predicted molar refractivity (Wildman–Crippen MR) is 98.5 cm³/mol. The first-order valence-electron chi connectivity index (χ1n) is 9.16. The summed E-state index contributed by atoms with van der Waals surface area (Å²) in [6.07, 6.45) is 1.41. The van der Waals surface area contributed by atoms with Crippen molar-refractivity contribution in [2.45, 2.75) is 18.9 Å². The van der Waals surface area contributed by atoms with E-state index in [4.69, 9.17) is 16.3 Å². The van der Waals surface area contributed by atoms with Gasteiger partial charge in [0.25, 0.3) is 0 Å². The maximum Gasteiger partial charge on any atom is 0.229 e. The molecule has 142 valence electrons. The Labute approximate surface area is 159 Å². The molecule has 0 radical (unpaired) electrons. The molecular formula is C18H24ClN2O4S+. The maximum atomic E-state index is 12.9. The number of benzene rings is 1. The number of fused-ring (bicyclic) bond motifs is 1. The Morgan fingerprint density at radius 3 is 2.73 bits per heavy atom. The van der Waals surface area contributed by atoms with E-state index in [1.54, 1.807) is 6.07 Å². The van der Waals surface area contributed by atoms with Crippen LogP contribution in [-0.2, 0) is 21.1 Å². The lowest BCUT2D eigenvalue weighted by Gasteiger charge is -2.37. The quantitative estimate of drug-likeness (QED) is 0.748. The van der Waals surface area contributed by atoms with Gasteiger partial charge < -0.3 is 14.5 Å². The molecule has 0 bridgehead atoms. The molecule has 8 heteroatoms. The third-order valence-electron chi connectivity index (χ3n) is 5.81. The van der Waals surface area contributed by atoms with E-state index in [2.05, 4.69) is 0 Å². The summed E-state index contributed by atoms with van der Waals surface area (Å²) in [5, 5.41) is 0.657. The van der Waals surface area contributed by atoms with E-state index in [1.165, 1.54) is 4.90 Å². The molecule has 26 heavy (non-hydrogen) atoms. The minimum absolute atomic E-state index is 0.133. The molecule has 1 N–H and O–H groups in total. The number of carbonyl (C=O) groups excluding carboxylic acids is 1. The van der Waals surface area contributed by atoms with Gasteiger partial charge in [-0.15, -0.1) is 0 Å². The van der Waals surface area contributed by atoms with E-state index in [0.717, 1.165) is 30.8 Å². The van der Waals surface area contributed by atoms with Crippen molar-refractivity contribution in [1.29, 1.82) is 0 Å². The van der Waals surface area contributed by atoms with Crippen molar-refractivity contribution in [2.75, 3.05) is 44.3 Å². The summed E-state index contributed by atoms with van der Waals surface area (Å²) in [7, 11) is -2.85. The molecule has 0 unspecified atom stereocenters. The van der Waals surface area contributed by atoms with Gasteiger partial charge in [0.05, 0.1) is 37.8 Å². The second kappa shape index (κ2) is 7.02. The molecule has 1 aromatic rings. The molecule has 1 aromatic carbocycles. The Hall–Kier alpha value is -1.31. The van der Waals surface area contributed by atoms with E-state index in [0.29, 0.717) is 42.6 Å². The van der Waals surface area contributed by atoms with Crippen molar-refractivity contribution in [3.05, 3.63) is 28.8 Å². The van der Waals surface area contributed by atoms with E-state index >= 15 is 0 Å². The third-order valence-corrected chi connectivity index (χ3v) is 7.81. The number of halogens is 1. The van der Waals surface area contributed by atoms with E-state index in [1.807, 2.05) is 17.0 Å². The Bertz CT molecular complexity index is 805. The Morgan fingerprint density at radius 1 is 1.27 bits per heavy atom. The van der Waals surface area contributed by atoms with Crippen LogP contribution in [0.3, 0.4) is 0 Å². The number of quaternary nitrogens is 1. The molecule has 3 heterocycles. The highest BCUT2D eigenvalue weighted by Gasteiger charge is 2.38. The highest BCUT2D eigenvalue weighted by atomic mass is 35.5. The first-order chi connectivity index (χ1) is 12.4. The average Bonchev–Trinajstić information content (AvgIpc) is 3.00. The van der Waals surface area contributed by atoms with Crippen molar-refractivity contribution in [2.24, 2.45) is 5.92 Å². The molecule has 0 spiro atoms. The van der Waals surface area contributed by atoms with Crippen LogP contribution in [0.15, 0.2) is 18.2 Å². The molecule has 3 aliphatic heterocycles. The zero-order valence-electron chi connectivity index (χ0n) is 14.6. The normalized spacial score (nSPS) is 28.4. The van der Waals surface area contributed by atoms with Gasteiger partial charge in [-0.25, -0.2) is 8.42 Å². The van der Waals surface area contributed by atoms with Gasteiger partial charge in [0.2, 0.25) is 5.91 Å². The van der Waals surface area contributed by atoms with Crippen LogP contribution >= 0.6 is 11.6 Å². The summed E-state index contributed by atoms with van der Waals surface area (Å²) in [4.78, 5) is 16.1. The number of piperazine rings is 1. The fourth-order valence-electron chi connectivity index (χ4n) is 4.32. The lowest BCUT2D eigenvalue weighted by Crippen LogP contribution is -3.18. The molecule has 6 nitrogen and oxygen atoms in total. The number of nitrogens with one attached hydrogen (secondary N) is 1. The second-order valence-electron chi connectivity index (χ2n) is 7.55. The van der Waals surface area contributed by atoms with Crippen LogP contribution in [0, 0.1) is 5.92 Å². The van der Waals surface area contributed by atoms with Gasteiger partial charge in [0, 0.05) is 11.4 Å². The topological polar surface area (TPSA) is 68.1 Å². The summed E-state index contributed by atoms with van der Waals surface area (Å²) in [5.41, 5.74) is 0.988. The monoisotopic (exact) mass is 399 g/mol. The Kier molecular flexibility index (Phi) is 4.88. The smallest absolute Gasteiger partial charge is 0.229 e. The van der Waals surface area contributed by atoms with E-state index in [9.17, 15) is 13.2 Å². The fourth-order valence-corrected chi connectivity index (χ4v) is 6.34. The van der Waals surface area contributed by atoms with Gasteiger partial charge in [-0.1, -0.05) is 11.6 Å². The van der Waals surface area contributed by atoms with Gasteiger partial charge in [0.15, 0.2) is 9.84 Å². The SMILES string of the molecule is O=C([C@H]1COc2ccc(Cl)cc2C1)N1CC[NH+]([C@@H]2CCS(=O)(=O)C2)CC1. The molecule has 0 aromatic heterocycles. The standard InChI is InChI=1S/C18H23ClN2O4S/c19-15-1-2-17-13(10-15)9-14(11-25-17)18(22)21-6-4-20(5-7-21)16-3-8-26(23,24)12-16/h1-2,10,14,16H,3-9,11-12H2/p+1/t14-,16-/m1/s1. The summed E-state index contributed by atoms with van der Waals surface area (Å²) in [6, 6.07) is 5.73. The largest absolute Gasteiger partial charge is 0.492 e. The third kappa shape index (κ3) is 3.70. The lowest BCUT2D eigenvalue weighted by atomic mass is 9.95. The molecule has 2 fully saturated rings. The maximum absolute atomic E-state index is 12.9. The van der Waals surface area contributed by atoms with Gasteiger partial charge in [-0.2, -0.15) is 0 Å². The van der Waals surface area contributed by atoms with Gasteiger partial charge in [-0.05, 0) is 30.2 Å². The van der Waals surface area contributed by atoms with Crippen molar-refractivity contribution in [1.82, 2.24) is 4.90 Å². The van der Waals surface area contributed by atoms with Crippen molar-refractivity contribution >= 4 is 27.3 Å². The highest BCUT2D eigenvalue weighted by Crippen LogP contribution is 2.30. The number of hydrogen-bond acceptors (Lipinski definition) is 4. The first kappa shape index (κ1) is 18.1. The molecule has 2 saturated heterocycles. The number of amides is 1. The van der Waals surface area contributed by atoms with Crippen molar-refractivity contribution < 1.29 is 22.8 Å². The van der Waals surface area contributed by atoms with Crippen LogP contribution in [0.1, 0.15) is 12.0 Å². The zero-order chi connectivity index (χ0) is 18.3. The Morgan fingerprint density at radius 2 is 2.04 bits per heavy atom. The average molecular weight is 400 g/mol. The number of sulfone groups is 1. The first-order valence-corrected chi connectivity index (χ1v) is 11.4. The van der Waals surface area contributed by atoms with Gasteiger partial charge >= 0.3 is 0 Å². The van der Waals surface area contributed by atoms with Crippen LogP contribution in [-0.4, -0.2) is 69.6 Å². The van der Waals surface area contributed by atoms with Crippen molar-refractivity contribution in [3.63, 3.8) is 0 Å². The lowest BCUT2D eigenvalue weighted by molar-refractivity contribution is -0.925. The van der Waals surface area contributed by atoms with Crippen LogP contribution in [0.2, 0.25) is 5.02 Å². The number of rotatable bonds is 2. The number of hydrogen-bond donors (Lipinski definition) is 1. The highest BCUT2D eigenvalue weighted by molar-refractivity contribution is 7.91. The molecule has 0 saturated carbocycles. The molecular weight excluding hydrogens is 376 g/mol. The molecule has 4 rings (SSSR count). The summed E-state index contributed by atoms with van der Waals surface area (Å²) < 4.78 is 29.1. The minimum Gasteiger partial charge on any atom is -0.492 e. The fraction of sp³-hybridized carbons (Fsp3) is 0.611. The van der Waals surface area contributed by atoms with Crippen LogP contribution in [0.25, 0.3) is 0 Å². The number of carbonyl (C=O) groups is 1. The predicted octanol–water partition coefficient (Wildman–Crippen LogP) is -0.195. The van der Waals surface area contributed by atoms with Gasteiger partial charge in [0.1, 0.15) is 24.2 Å². The number of ether oxygens (including phenoxy) is 1. The van der Waals surface area contributed by atoms with Crippen LogP contribution < -0.4 is 9.64 Å². The van der Waals surface area contributed by atoms with Gasteiger partial charge in [-0.3, -0.25) is 4.79 Å². The molecule has 1 amide bonds. The molecule has 3 aliphatic rings. The van der Waals surface area contributed by atoms with E-state index in [-0.39, 0.29) is 17.9 Å². The van der Waals surface area contributed by atoms with Crippen LogP contribution in [0.4, 0.5) is 0 Å². The Balaban J connectivity index is 1.34. The number of nitrogens with zero attached hydrogens (tertiary/aromatic N) is 1. The van der Waals surface area contributed by atoms with Crippen LogP contribution in [0.5, 0.6) is 5.75 Å². The second-order valence-corrected chi connectivity index (χ2v) is 10.2.